The number of carbonyl (C=O) groups is 9. The maximum Gasteiger partial charge on any atom is 0.416 e. The normalized spacial score (nSPS) is 17.6. The molecule has 5 atom stereocenters. The topological polar surface area (TPSA) is 297 Å². The lowest BCUT2D eigenvalue weighted by Crippen LogP contribution is -2.50. The molecule has 6 amide bonds. The Balaban J connectivity index is 0.556. The van der Waals surface area contributed by atoms with Crippen LogP contribution < -0.4 is 44.1 Å². The van der Waals surface area contributed by atoms with Crippen LogP contribution in [0.5, 0.6) is 28.7 Å². The van der Waals surface area contributed by atoms with Crippen molar-refractivity contribution >= 4 is 69.9 Å². The molecule has 3 N–H and O–H groups in total. The quantitative estimate of drug-likeness (QED) is 0.0340. The van der Waals surface area contributed by atoms with E-state index in [1.807, 2.05) is 108 Å². The molecule has 1 spiro atoms. The molecule has 582 valence electrons. The van der Waals surface area contributed by atoms with Crippen LogP contribution in [0.1, 0.15) is 173 Å². The zero-order chi connectivity index (χ0) is 78.4. The Hall–Kier alpha value is -11.2. The highest BCUT2D eigenvalue weighted by atomic mass is 16.6. The lowest BCUT2D eigenvalue weighted by Gasteiger charge is -2.31. The van der Waals surface area contributed by atoms with E-state index in [1.54, 1.807) is 87.3 Å². The average molecular weight is 1510 g/mol. The number of Topliss-reactive ketones (excluding diaryl/α,β-unsaturated/α-hetero) is 3. The second kappa shape index (κ2) is 34.0. The molecule has 1 aromatic heterocycles. The molecule has 1 saturated carbocycles. The molecule has 6 heterocycles. The van der Waals surface area contributed by atoms with Crippen LogP contribution in [0.25, 0.3) is 28.1 Å². The largest absolute Gasteiger partial charge is 0.497 e. The third-order valence-electron chi connectivity index (χ3n) is 22.3. The first-order valence-electron chi connectivity index (χ1n) is 38.5. The molecule has 0 unspecified atom stereocenters. The third kappa shape index (κ3) is 17.2. The number of unbranched alkanes of at least 4 members (excludes halogenated alkanes) is 2. The van der Waals surface area contributed by atoms with Gasteiger partial charge in [0.2, 0.25) is 17.7 Å². The van der Waals surface area contributed by atoms with Gasteiger partial charge < -0.3 is 58.9 Å². The molecule has 1 aliphatic carbocycles. The maximum atomic E-state index is 14.5. The number of ketones is 3. The average Bonchev–Trinajstić information content (AvgIpc) is 1.62. The van der Waals surface area contributed by atoms with Gasteiger partial charge in [-0.3, -0.25) is 38.4 Å². The molecule has 13 rings (SSSR count). The number of carbonyl (C=O) groups excluding carboxylic acids is 9. The summed E-state index contributed by atoms with van der Waals surface area (Å²) >= 11 is 0. The summed E-state index contributed by atoms with van der Waals surface area (Å²) in [5.41, 5.74) is 9.71. The predicted molar refractivity (Wildman–Crippen MR) is 414 cm³/mol. The van der Waals surface area contributed by atoms with Crippen LogP contribution >= 0.6 is 0 Å². The molecule has 6 aromatic carbocycles. The van der Waals surface area contributed by atoms with Crippen molar-refractivity contribution in [2.24, 2.45) is 17.3 Å². The van der Waals surface area contributed by atoms with Crippen LogP contribution in [0.4, 0.5) is 16.2 Å². The van der Waals surface area contributed by atoms with Gasteiger partial charge in [0.05, 0.1) is 82.3 Å². The highest BCUT2D eigenvalue weighted by molar-refractivity contribution is 6.07. The number of nitrogens with one attached hydrogen (secondary N) is 2. The van der Waals surface area contributed by atoms with Gasteiger partial charge in [-0.2, -0.15) is 0 Å². The van der Waals surface area contributed by atoms with Crippen LogP contribution in [0.3, 0.4) is 0 Å². The van der Waals surface area contributed by atoms with Crippen molar-refractivity contribution in [3.05, 3.63) is 166 Å². The van der Waals surface area contributed by atoms with E-state index in [1.165, 1.54) is 7.11 Å². The van der Waals surface area contributed by atoms with Gasteiger partial charge in [0.1, 0.15) is 23.8 Å². The number of fused-ring (bicyclic) bond motifs is 9. The van der Waals surface area contributed by atoms with Crippen molar-refractivity contribution < 1.29 is 76.7 Å². The predicted octanol–water partition coefficient (Wildman–Crippen LogP) is 12.2. The number of benzene rings is 6. The standard InChI is InChI=1S/C86H97N9O16/c1-51(2)66(41-62(97)46-87-77(99)32-28-61(96)29-33-78(100)92-47-58-16-10-11-17-64(58)80-79(89-90-95(80)52(3)4)65-18-12-13-19-69(65)92)81(101)88-53(5)72(98)38-54-20-22-55(23-21-54)49-111-85(105)94-70-44-76(74(108-8)43-68(70)83(103)93-50-86(34-35-86)45-71(93)84(94)104)110-37-15-9-14-36-109-75-40-57-24-27-60-39-59(56-25-30-63(106-6)31-26-56)48-91(60)82(102)67(57)42-73(75)107-7/h10-13,16-23,25-26,30-31,40,42-44,48,51-53,60,66,71,84,104H,9,14-15,24,27-29,32-39,41,45-47,49-50H2,1-8H3,(H,87,99)(H,88,101)/t53-,60+,66-,71-,84-/m0/s1. The first-order chi connectivity index (χ1) is 53.5. The first-order valence-corrected chi connectivity index (χ1v) is 38.5. The summed E-state index contributed by atoms with van der Waals surface area (Å²) in [6.07, 6.45) is 5.38. The minimum atomic E-state index is -1.46. The van der Waals surface area contributed by atoms with Crippen molar-refractivity contribution in [3.63, 3.8) is 0 Å². The Labute approximate surface area is 645 Å². The highest BCUT2D eigenvalue weighted by Crippen LogP contribution is 2.57. The number of anilines is 2. The van der Waals surface area contributed by atoms with Gasteiger partial charge in [-0.05, 0) is 160 Å². The molecule has 7 aromatic rings. The molecule has 2 fully saturated rings. The molecule has 0 radical (unpaired) electrons. The van der Waals surface area contributed by atoms with Crippen LogP contribution in [0, 0.1) is 17.3 Å². The Kier molecular flexibility index (Phi) is 23.8. The van der Waals surface area contributed by atoms with Gasteiger partial charge in [0, 0.05) is 92.0 Å². The molecule has 6 aliphatic rings. The smallest absolute Gasteiger partial charge is 0.416 e. The number of ether oxygens (including phenoxy) is 6. The fourth-order valence-corrected chi connectivity index (χ4v) is 15.7. The van der Waals surface area contributed by atoms with Gasteiger partial charge in [0.25, 0.3) is 11.8 Å². The number of aliphatic hydroxyl groups is 1. The summed E-state index contributed by atoms with van der Waals surface area (Å²) in [5.74, 6) is -1.49. The van der Waals surface area contributed by atoms with Crippen molar-refractivity contribution in [2.75, 3.05) is 57.4 Å². The van der Waals surface area contributed by atoms with E-state index >= 15 is 0 Å². The second-order valence-electron chi connectivity index (χ2n) is 30.6. The number of nitrogens with zero attached hydrogens (tertiary/aromatic N) is 7. The van der Waals surface area contributed by atoms with Crippen LogP contribution in [-0.2, 0) is 59.5 Å². The number of amides is 6. The van der Waals surface area contributed by atoms with E-state index in [2.05, 4.69) is 20.9 Å². The first kappa shape index (κ1) is 77.9. The zero-order valence-corrected chi connectivity index (χ0v) is 64.2. The van der Waals surface area contributed by atoms with Crippen molar-refractivity contribution in [2.45, 2.75) is 174 Å². The van der Waals surface area contributed by atoms with E-state index in [0.717, 1.165) is 75.4 Å². The molecule has 5 aliphatic heterocycles. The Morgan fingerprint density at radius 3 is 2.05 bits per heavy atom. The lowest BCUT2D eigenvalue weighted by molar-refractivity contribution is -0.133. The number of hydrogen-bond donors (Lipinski definition) is 3. The van der Waals surface area contributed by atoms with Crippen LogP contribution in [0.15, 0.2) is 128 Å². The van der Waals surface area contributed by atoms with Gasteiger partial charge in [-0.1, -0.05) is 97.9 Å². The number of aromatic nitrogens is 3. The lowest BCUT2D eigenvalue weighted by atomic mass is 9.89. The summed E-state index contributed by atoms with van der Waals surface area (Å²) in [4.78, 5) is 130. The van der Waals surface area contributed by atoms with E-state index in [-0.39, 0.29) is 140 Å². The van der Waals surface area contributed by atoms with Crippen molar-refractivity contribution in [1.29, 1.82) is 0 Å². The van der Waals surface area contributed by atoms with E-state index in [0.29, 0.717) is 84.8 Å². The number of aryl methyl sites for hydroxylation is 1. The molecule has 25 nitrogen and oxygen atoms in total. The molecule has 1 saturated heterocycles. The number of methoxy groups -OCH3 is 3. The number of aliphatic hydroxyl groups excluding tert-OH is 1. The summed E-state index contributed by atoms with van der Waals surface area (Å²) < 4.78 is 37.3. The van der Waals surface area contributed by atoms with Gasteiger partial charge in [-0.25, -0.2) is 14.4 Å². The van der Waals surface area contributed by atoms with E-state index in [4.69, 9.17) is 28.4 Å². The maximum absolute atomic E-state index is 14.5. The summed E-state index contributed by atoms with van der Waals surface area (Å²) in [6, 6.07) is 35.3. The number of para-hydroxylation sites is 1. The fraction of sp³-hybridized carbons (Fsp3) is 0.430. The fourth-order valence-electron chi connectivity index (χ4n) is 15.7. The van der Waals surface area contributed by atoms with E-state index in [9.17, 15) is 48.3 Å². The minimum absolute atomic E-state index is 0.0316. The summed E-state index contributed by atoms with van der Waals surface area (Å²) in [7, 11) is 4.67. The minimum Gasteiger partial charge on any atom is -0.497 e. The Morgan fingerprint density at radius 2 is 1.35 bits per heavy atom. The zero-order valence-electron chi connectivity index (χ0n) is 64.2. The van der Waals surface area contributed by atoms with Crippen molar-refractivity contribution in [1.82, 2.24) is 35.4 Å². The Bertz CT molecular complexity index is 4740. The second-order valence-corrected chi connectivity index (χ2v) is 30.6. The summed E-state index contributed by atoms with van der Waals surface area (Å²) in [5, 5.41) is 26.6. The highest BCUT2D eigenvalue weighted by Gasteiger charge is 2.58. The van der Waals surface area contributed by atoms with E-state index < -0.39 is 47.9 Å². The number of rotatable bonds is 31. The molecular formula is C86H97N9O16. The molecular weight excluding hydrogens is 1410 g/mol. The van der Waals surface area contributed by atoms with Gasteiger partial charge >= 0.3 is 6.09 Å². The SMILES string of the molecule is COc1ccc(C2=CN3C(=O)c4cc(OC)c(OCCCCCOc5cc6c(cc5OC)C(=O)N5CC7(CC7)C[C@H]5[C@H](O)N6C(=O)OCc5ccc(CC(=O)[C@H](C)NC(=O)[C@@H](CC(=O)CNC(=O)CCC(=O)CCC(=O)N6Cc7ccccc7-c7c(nnn7C(C)C)-c7ccccc76)C(C)C)cc5)cc4CC[C@@H]3C2)cc1. The molecule has 111 heavy (non-hydrogen) atoms. The van der Waals surface area contributed by atoms with Crippen LogP contribution in [-0.4, -0.2) is 155 Å². The van der Waals surface area contributed by atoms with Crippen LogP contribution in [0.2, 0.25) is 0 Å². The number of hydrogen-bond acceptors (Lipinski definition) is 18. The Morgan fingerprint density at radius 1 is 0.676 bits per heavy atom. The van der Waals surface area contributed by atoms with Gasteiger partial charge in [-0.15, -0.1) is 5.10 Å². The third-order valence-corrected chi connectivity index (χ3v) is 22.3. The monoisotopic (exact) mass is 1510 g/mol. The molecule has 0 bridgehead atoms. The van der Waals surface area contributed by atoms with Crippen molar-refractivity contribution in [3.8, 4) is 51.3 Å². The van der Waals surface area contributed by atoms with Gasteiger partial charge in [0.15, 0.2) is 40.8 Å². The molecule has 25 heteroatoms. The summed E-state index contributed by atoms with van der Waals surface area (Å²) in [6.45, 7) is 9.94.